The Morgan fingerprint density at radius 3 is 2.26 bits per heavy atom. The molecule has 2 unspecified atom stereocenters. The van der Waals surface area contributed by atoms with Gasteiger partial charge in [-0.25, -0.2) is 4.39 Å². The van der Waals surface area contributed by atoms with Gasteiger partial charge in [-0.05, 0) is 41.0 Å². The molecule has 0 spiro atoms. The molecule has 160 valence electrons. The number of hydrogen-bond acceptors (Lipinski definition) is 4. The smallest absolute Gasteiger partial charge is 0.297 e. The van der Waals surface area contributed by atoms with Gasteiger partial charge >= 0.3 is 0 Å². The van der Waals surface area contributed by atoms with Gasteiger partial charge in [0.05, 0.1) is 11.0 Å². The van der Waals surface area contributed by atoms with Gasteiger partial charge in [-0.1, -0.05) is 66.7 Å². The first kappa shape index (κ1) is 21.4. The molecule has 0 amide bonds. The Morgan fingerprint density at radius 2 is 1.58 bits per heavy atom. The van der Waals surface area contributed by atoms with E-state index in [1.165, 1.54) is 24.3 Å². The molecular formula is C25H24FNO3S. The van der Waals surface area contributed by atoms with E-state index in [0.29, 0.717) is 19.5 Å². The zero-order valence-electron chi connectivity index (χ0n) is 16.9. The SMILES string of the molecule is O=S(=O)(OC(Cc1ccccc1)C1CNCC=C1c1ccc(F)cc1)c1ccccc1. The van der Waals surface area contributed by atoms with Gasteiger partial charge in [0.1, 0.15) is 5.82 Å². The van der Waals surface area contributed by atoms with Crippen molar-refractivity contribution in [1.82, 2.24) is 5.32 Å². The summed E-state index contributed by atoms with van der Waals surface area (Å²) in [4.78, 5) is 0.129. The highest BCUT2D eigenvalue weighted by atomic mass is 32.2. The Bertz CT molecular complexity index is 1130. The van der Waals surface area contributed by atoms with Gasteiger partial charge in [0.2, 0.25) is 0 Å². The minimum atomic E-state index is -3.96. The van der Waals surface area contributed by atoms with Crippen molar-refractivity contribution in [3.8, 4) is 0 Å². The van der Waals surface area contributed by atoms with Crippen LogP contribution < -0.4 is 5.32 Å². The fourth-order valence-corrected chi connectivity index (χ4v) is 5.01. The lowest BCUT2D eigenvalue weighted by molar-refractivity contribution is 0.165. The van der Waals surface area contributed by atoms with E-state index in [-0.39, 0.29) is 16.6 Å². The van der Waals surface area contributed by atoms with Crippen LogP contribution >= 0.6 is 0 Å². The van der Waals surface area contributed by atoms with Gasteiger partial charge in [0.25, 0.3) is 10.1 Å². The van der Waals surface area contributed by atoms with Crippen molar-refractivity contribution in [2.45, 2.75) is 17.4 Å². The monoisotopic (exact) mass is 437 g/mol. The van der Waals surface area contributed by atoms with Crippen molar-refractivity contribution < 1.29 is 17.0 Å². The van der Waals surface area contributed by atoms with E-state index in [1.807, 2.05) is 36.4 Å². The number of hydrogen-bond donors (Lipinski definition) is 1. The summed E-state index contributed by atoms with van der Waals surface area (Å²) in [5, 5.41) is 3.31. The molecule has 6 heteroatoms. The number of benzene rings is 3. The van der Waals surface area contributed by atoms with Crippen molar-refractivity contribution >= 4 is 15.7 Å². The van der Waals surface area contributed by atoms with E-state index in [4.69, 9.17) is 4.18 Å². The second-order valence-electron chi connectivity index (χ2n) is 7.52. The minimum absolute atomic E-state index is 0.129. The van der Waals surface area contributed by atoms with Gasteiger partial charge in [0, 0.05) is 25.4 Å². The summed E-state index contributed by atoms with van der Waals surface area (Å²) in [5.74, 6) is -0.531. The molecule has 4 rings (SSSR count). The zero-order valence-corrected chi connectivity index (χ0v) is 17.8. The van der Waals surface area contributed by atoms with Crippen LogP contribution in [0.25, 0.3) is 5.57 Å². The first-order chi connectivity index (χ1) is 15.0. The van der Waals surface area contributed by atoms with Crippen molar-refractivity contribution in [3.05, 3.63) is 108 Å². The molecule has 0 saturated carbocycles. The van der Waals surface area contributed by atoms with Gasteiger partial charge in [-0.3, -0.25) is 4.18 Å². The molecular weight excluding hydrogens is 413 g/mol. The molecule has 4 nitrogen and oxygen atoms in total. The molecule has 0 saturated heterocycles. The third-order valence-electron chi connectivity index (χ3n) is 5.42. The molecule has 1 aliphatic rings. The summed E-state index contributed by atoms with van der Waals surface area (Å²) < 4.78 is 45.4. The second kappa shape index (κ2) is 9.56. The minimum Gasteiger partial charge on any atom is -0.313 e. The molecule has 0 aliphatic carbocycles. The van der Waals surface area contributed by atoms with Crippen LogP contribution in [0, 0.1) is 11.7 Å². The highest BCUT2D eigenvalue weighted by Gasteiger charge is 2.33. The van der Waals surface area contributed by atoms with Crippen LogP contribution in [0.1, 0.15) is 11.1 Å². The standard InChI is InChI=1S/C25H24FNO3S/c26-21-13-11-20(12-14-21)23-15-16-27-18-24(23)25(17-19-7-3-1-4-8-19)30-31(28,29)22-9-5-2-6-10-22/h1-15,24-25,27H,16-18H2. The topological polar surface area (TPSA) is 55.4 Å². The first-order valence-corrected chi connectivity index (χ1v) is 11.6. The number of nitrogens with one attached hydrogen (secondary N) is 1. The average Bonchev–Trinajstić information content (AvgIpc) is 2.80. The zero-order chi connectivity index (χ0) is 21.7. The van der Waals surface area contributed by atoms with Crippen LogP contribution in [-0.4, -0.2) is 27.6 Å². The second-order valence-corrected chi connectivity index (χ2v) is 9.09. The maximum absolute atomic E-state index is 13.5. The Balaban J connectivity index is 1.69. The Kier molecular flexibility index (Phi) is 6.61. The highest BCUT2D eigenvalue weighted by Crippen LogP contribution is 2.32. The maximum Gasteiger partial charge on any atom is 0.297 e. The molecule has 31 heavy (non-hydrogen) atoms. The Labute approximate surface area is 182 Å². The molecule has 1 heterocycles. The molecule has 3 aromatic carbocycles. The van der Waals surface area contributed by atoms with Crippen molar-refractivity contribution in [2.75, 3.05) is 13.1 Å². The first-order valence-electron chi connectivity index (χ1n) is 10.2. The van der Waals surface area contributed by atoms with Crippen LogP contribution in [-0.2, 0) is 20.7 Å². The Morgan fingerprint density at radius 1 is 0.935 bits per heavy atom. The lowest BCUT2D eigenvalue weighted by Crippen LogP contribution is -2.39. The van der Waals surface area contributed by atoms with Gasteiger partial charge in [0.15, 0.2) is 0 Å². The van der Waals surface area contributed by atoms with Crippen molar-refractivity contribution in [2.24, 2.45) is 5.92 Å². The number of halogens is 1. The van der Waals surface area contributed by atoms with E-state index in [9.17, 15) is 12.8 Å². The maximum atomic E-state index is 13.5. The predicted octanol–water partition coefficient (Wildman–Crippen LogP) is 4.45. The molecule has 0 fully saturated rings. The molecule has 2 atom stereocenters. The summed E-state index contributed by atoms with van der Waals surface area (Å²) in [7, 11) is -3.96. The van der Waals surface area contributed by atoms with Crippen molar-refractivity contribution in [1.29, 1.82) is 0 Å². The third kappa shape index (κ3) is 5.28. The highest BCUT2D eigenvalue weighted by molar-refractivity contribution is 7.86. The predicted molar refractivity (Wildman–Crippen MR) is 119 cm³/mol. The summed E-state index contributed by atoms with van der Waals surface area (Å²) in [6.45, 7) is 1.22. The van der Waals surface area contributed by atoms with E-state index >= 15 is 0 Å². The fraction of sp³-hybridized carbons (Fsp3) is 0.200. The van der Waals surface area contributed by atoms with E-state index < -0.39 is 16.2 Å². The molecule has 0 radical (unpaired) electrons. The summed E-state index contributed by atoms with van der Waals surface area (Å²) in [6.07, 6.45) is 1.83. The Hall–Kier alpha value is -2.80. The van der Waals surface area contributed by atoms with Crippen LogP contribution in [0.3, 0.4) is 0 Å². The van der Waals surface area contributed by atoms with Gasteiger partial charge < -0.3 is 5.32 Å². The quantitative estimate of drug-likeness (QED) is 0.555. The summed E-state index contributed by atoms with van der Waals surface area (Å²) >= 11 is 0. The van der Waals surface area contributed by atoms with Crippen LogP contribution in [0.15, 0.2) is 95.9 Å². The van der Waals surface area contributed by atoms with Gasteiger partial charge in [-0.15, -0.1) is 0 Å². The molecule has 1 aliphatic heterocycles. The largest absolute Gasteiger partial charge is 0.313 e. The molecule has 0 bridgehead atoms. The third-order valence-corrected chi connectivity index (χ3v) is 6.77. The molecule has 0 aromatic heterocycles. The molecule has 1 N–H and O–H groups in total. The van der Waals surface area contributed by atoms with E-state index in [1.54, 1.807) is 30.3 Å². The summed E-state index contributed by atoms with van der Waals surface area (Å²) in [5.41, 5.74) is 2.81. The lowest BCUT2D eigenvalue weighted by atomic mass is 9.83. The number of rotatable bonds is 7. The van der Waals surface area contributed by atoms with Crippen LogP contribution in [0.4, 0.5) is 4.39 Å². The fourth-order valence-electron chi connectivity index (χ4n) is 3.88. The summed E-state index contributed by atoms with van der Waals surface area (Å²) in [6, 6.07) is 24.2. The lowest BCUT2D eigenvalue weighted by Gasteiger charge is -2.32. The van der Waals surface area contributed by atoms with Crippen LogP contribution in [0.5, 0.6) is 0 Å². The average molecular weight is 438 g/mol. The van der Waals surface area contributed by atoms with E-state index in [0.717, 1.165) is 16.7 Å². The van der Waals surface area contributed by atoms with Crippen molar-refractivity contribution in [3.63, 3.8) is 0 Å². The molecule has 3 aromatic rings. The van der Waals surface area contributed by atoms with Crippen LogP contribution in [0.2, 0.25) is 0 Å². The van der Waals surface area contributed by atoms with Gasteiger partial charge in [-0.2, -0.15) is 8.42 Å². The van der Waals surface area contributed by atoms with E-state index in [2.05, 4.69) is 5.32 Å². The normalized spacial score (nSPS) is 17.7.